The van der Waals surface area contributed by atoms with Gasteiger partial charge in [0, 0.05) is 17.1 Å². The van der Waals surface area contributed by atoms with Crippen LogP contribution in [0.3, 0.4) is 0 Å². The Morgan fingerprint density at radius 1 is 0.969 bits per heavy atom. The van der Waals surface area contributed by atoms with Crippen molar-refractivity contribution < 1.29 is 24.2 Å². The van der Waals surface area contributed by atoms with Crippen molar-refractivity contribution in [3.63, 3.8) is 0 Å². The average molecular weight is 475 g/mol. The zero-order valence-electron chi connectivity index (χ0n) is 17.8. The first kappa shape index (κ1) is 27.1. The average Bonchev–Trinajstić information content (AvgIpc) is 2.76. The summed E-state index contributed by atoms with van der Waals surface area (Å²) in [6, 6.07) is 4.75. The molecule has 0 radical (unpaired) electrons. The number of anilines is 1. The Balaban J connectivity index is 0.00000363. The number of carbonyl (C=O) groups is 3. The van der Waals surface area contributed by atoms with Gasteiger partial charge in [0.1, 0.15) is 13.2 Å². The summed E-state index contributed by atoms with van der Waals surface area (Å²) < 4.78 is 5.44. The molecule has 2 saturated carbocycles. The van der Waals surface area contributed by atoms with Gasteiger partial charge in [-0.1, -0.05) is 50.1 Å². The third kappa shape index (κ3) is 7.73. The van der Waals surface area contributed by atoms with Crippen LogP contribution < -0.4 is 5.32 Å². The summed E-state index contributed by atoms with van der Waals surface area (Å²) in [5.74, 6) is -1.76. The van der Waals surface area contributed by atoms with Crippen molar-refractivity contribution in [3.8, 4) is 0 Å². The van der Waals surface area contributed by atoms with Gasteiger partial charge in [-0.3, -0.25) is 9.59 Å². The van der Waals surface area contributed by atoms with Gasteiger partial charge in [0.25, 0.3) is 0 Å². The number of halogens is 1. The monoisotopic (exact) mass is 474 g/mol. The van der Waals surface area contributed by atoms with Gasteiger partial charge in [0.2, 0.25) is 11.8 Å². The molecule has 9 heteroatoms. The molecule has 2 aliphatic rings. The topological polar surface area (TPSA) is 95.9 Å². The number of nitrogens with one attached hydrogen (secondary N) is 1. The Morgan fingerprint density at radius 3 is 2.06 bits per heavy atom. The predicted molar refractivity (Wildman–Crippen MR) is 126 cm³/mol. The fraction of sp³-hybridized carbons (Fsp3) is 0.609. The number of benzene rings is 1. The molecule has 0 saturated heterocycles. The number of ether oxygens (including phenoxy) is 1. The first-order valence-electron chi connectivity index (χ1n) is 11.2. The fourth-order valence-corrected chi connectivity index (χ4v) is 4.89. The van der Waals surface area contributed by atoms with Gasteiger partial charge >= 0.3 is 35.5 Å². The van der Waals surface area contributed by atoms with Crippen LogP contribution in [0.15, 0.2) is 18.2 Å². The number of carbonyl (C=O) groups excluding carboxylic acids is 2. The van der Waals surface area contributed by atoms with E-state index in [4.69, 9.17) is 16.3 Å². The van der Waals surface area contributed by atoms with E-state index in [0.29, 0.717) is 0 Å². The molecule has 1 aromatic rings. The summed E-state index contributed by atoms with van der Waals surface area (Å²) in [5, 5.41) is 12.1. The molecule has 0 bridgehead atoms. The second-order valence-corrected chi connectivity index (χ2v) is 8.86. The first-order valence-corrected chi connectivity index (χ1v) is 11.5. The summed E-state index contributed by atoms with van der Waals surface area (Å²) >= 11 is 5.83. The Hall–Kier alpha value is -1.12. The molecule has 0 aromatic heterocycles. The molecular weight excluding hydrogens is 443 g/mol. The number of aromatic carboxylic acids is 1. The first-order chi connectivity index (χ1) is 15.0. The number of nitrogens with zero attached hydrogens (tertiary/aromatic N) is 1. The zero-order valence-corrected chi connectivity index (χ0v) is 18.5. The van der Waals surface area contributed by atoms with Crippen LogP contribution in [-0.4, -0.2) is 82.6 Å². The fourth-order valence-electron chi connectivity index (χ4n) is 4.72. The molecule has 0 atom stereocenters. The normalized spacial score (nSPS) is 17.3. The molecule has 32 heavy (non-hydrogen) atoms. The maximum absolute atomic E-state index is 13.0. The van der Waals surface area contributed by atoms with E-state index in [-0.39, 0.29) is 77.0 Å². The minimum absolute atomic E-state index is 0. The quantitative estimate of drug-likeness (QED) is 0.558. The van der Waals surface area contributed by atoms with E-state index in [1.54, 1.807) is 0 Å². The van der Waals surface area contributed by atoms with Crippen LogP contribution in [0.5, 0.6) is 0 Å². The number of hydrogen-bond donors (Lipinski definition) is 2. The van der Waals surface area contributed by atoms with E-state index in [9.17, 15) is 19.5 Å². The summed E-state index contributed by atoms with van der Waals surface area (Å²) in [6.45, 7) is -0.469. The molecule has 0 aliphatic heterocycles. The van der Waals surface area contributed by atoms with Crippen LogP contribution in [-0.2, 0) is 14.3 Å². The van der Waals surface area contributed by atoms with Crippen molar-refractivity contribution in [2.45, 2.75) is 76.3 Å². The van der Waals surface area contributed by atoms with Crippen molar-refractivity contribution in [2.75, 3.05) is 18.5 Å². The van der Waals surface area contributed by atoms with E-state index < -0.39 is 11.9 Å². The predicted octanol–water partition coefficient (Wildman–Crippen LogP) is 3.84. The molecule has 0 spiro atoms. The van der Waals surface area contributed by atoms with Crippen LogP contribution in [0.4, 0.5) is 5.69 Å². The number of amides is 2. The van der Waals surface area contributed by atoms with Crippen LogP contribution in [0, 0.1) is 0 Å². The Kier molecular flexibility index (Phi) is 11.5. The zero-order chi connectivity index (χ0) is 22.2. The van der Waals surface area contributed by atoms with Gasteiger partial charge in [-0.25, -0.2) is 4.79 Å². The van der Waals surface area contributed by atoms with Crippen LogP contribution >= 0.6 is 11.6 Å². The Bertz CT molecular complexity index is 777. The van der Waals surface area contributed by atoms with Crippen LogP contribution in [0.25, 0.3) is 0 Å². The van der Waals surface area contributed by atoms with Crippen molar-refractivity contribution >= 4 is 64.6 Å². The molecule has 1 aromatic carbocycles. The van der Waals surface area contributed by atoms with Crippen LogP contribution in [0.2, 0.25) is 5.02 Å². The third-order valence-corrected chi connectivity index (χ3v) is 6.40. The van der Waals surface area contributed by atoms with Gasteiger partial charge < -0.3 is 20.1 Å². The molecule has 2 amide bonds. The van der Waals surface area contributed by atoms with E-state index in [2.05, 4.69) is 10.2 Å². The second-order valence-electron chi connectivity index (χ2n) is 8.42. The van der Waals surface area contributed by atoms with Crippen molar-refractivity contribution in [2.24, 2.45) is 0 Å². The maximum atomic E-state index is 13.0. The number of carboxylic acid groups (broad SMARTS) is 1. The standard InChI is InChI=1S/C23H31ClN2O5.Na.H/c24-16-11-12-20(19(13-16)23(29)30)25-21(27)14-31-15-22(28)26(17-7-3-1-4-8-17)18-9-5-2-6-10-18;;/h11-13,17-18H,1-10,14-15H2,(H,25,27)(H,29,30);;. The van der Waals surface area contributed by atoms with Gasteiger partial charge in [0.05, 0.1) is 11.3 Å². The van der Waals surface area contributed by atoms with Crippen molar-refractivity contribution in [1.29, 1.82) is 0 Å². The SMILES string of the molecule is O=C(COCC(=O)N(C1CCCCC1)C1CCCCC1)Nc1ccc(Cl)cc1C(=O)O.[NaH]. The Labute approximate surface area is 216 Å². The van der Waals surface area contributed by atoms with Gasteiger partial charge in [0.15, 0.2) is 0 Å². The minimum atomic E-state index is -1.19. The summed E-state index contributed by atoms with van der Waals surface area (Å²) in [7, 11) is 0. The molecule has 0 unspecified atom stereocenters. The summed E-state index contributed by atoms with van der Waals surface area (Å²) in [5.41, 5.74) is 0.0422. The van der Waals surface area contributed by atoms with Gasteiger partial charge in [-0.05, 0) is 43.9 Å². The molecule has 0 heterocycles. The van der Waals surface area contributed by atoms with E-state index in [1.165, 1.54) is 31.0 Å². The molecule has 2 aliphatic carbocycles. The molecule has 2 N–H and O–H groups in total. The molecule has 3 rings (SSSR count). The van der Waals surface area contributed by atoms with Crippen molar-refractivity contribution in [3.05, 3.63) is 28.8 Å². The van der Waals surface area contributed by atoms with E-state index >= 15 is 0 Å². The molecule has 7 nitrogen and oxygen atoms in total. The molecule has 172 valence electrons. The van der Waals surface area contributed by atoms with E-state index in [0.717, 1.165) is 51.4 Å². The van der Waals surface area contributed by atoms with E-state index in [1.807, 2.05) is 0 Å². The summed E-state index contributed by atoms with van der Waals surface area (Å²) in [6.07, 6.45) is 11.2. The molecular formula is C23H32ClN2NaO5. The number of carboxylic acids is 1. The van der Waals surface area contributed by atoms with Crippen molar-refractivity contribution in [1.82, 2.24) is 4.90 Å². The molecule has 2 fully saturated rings. The summed E-state index contributed by atoms with van der Waals surface area (Å²) in [4.78, 5) is 38.7. The van der Waals surface area contributed by atoms with Crippen LogP contribution in [0.1, 0.15) is 74.6 Å². The number of rotatable bonds is 8. The van der Waals surface area contributed by atoms with Gasteiger partial charge in [-0.15, -0.1) is 0 Å². The van der Waals surface area contributed by atoms with Gasteiger partial charge in [-0.2, -0.15) is 0 Å². The third-order valence-electron chi connectivity index (χ3n) is 6.17. The second kappa shape index (κ2) is 13.6. The Morgan fingerprint density at radius 2 is 1.53 bits per heavy atom. The number of hydrogen-bond acceptors (Lipinski definition) is 4.